The maximum Gasteiger partial charge on any atom is 0.0701 e. The number of rotatable bonds is 1. The number of aromatic nitrogens is 2. The van der Waals surface area contributed by atoms with Crippen LogP contribution in [-0.4, -0.2) is 9.97 Å². The second-order valence-electron chi connectivity index (χ2n) is 3.83. The van der Waals surface area contributed by atoms with Crippen molar-refractivity contribution in [3.63, 3.8) is 0 Å². The summed E-state index contributed by atoms with van der Waals surface area (Å²) < 4.78 is 0. The number of fused-ring (bicyclic) bond motifs is 2. The van der Waals surface area contributed by atoms with E-state index in [1.807, 2.05) is 6.07 Å². The standard InChI is InChI=1S/C12H12N2S/c1-2-9-3-7-4-11-8(5-10(7)13-9)6-12(15)14-11/h3-6,13-15H,2H2,1H3. The molecule has 0 spiro atoms. The molecule has 0 bridgehead atoms. The zero-order valence-electron chi connectivity index (χ0n) is 8.46. The SMILES string of the molecule is CCc1cc2cc3[nH]c(S)cc3cc2[nH]1. The summed E-state index contributed by atoms with van der Waals surface area (Å²) in [6.45, 7) is 2.16. The highest BCUT2D eigenvalue weighted by molar-refractivity contribution is 7.80. The number of nitrogens with one attached hydrogen (secondary N) is 2. The van der Waals surface area contributed by atoms with Crippen molar-refractivity contribution in [2.45, 2.75) is 18.4 Å². The average molecular weight is 216 g/mol. The second-order valence-corrected chi connectivity index (χ2v) is 4.31. The summed E-state index contributed by atoms with van der Waals surface area (Å²) in [6, 6.07) is 8.58. The van der Waals surface area contributed by atoms with E-state index in [0.717, 1.165) is 17.0 Å². The Balaban J connectivity index is 2.37. The molecule has 0 amide bonds. The smallest absolute Gasteiger partial charge is 0.0701 e. The molecule has 0 atom stereocenters. The van der Waals surface area contributed by atoms with Crippen molar-refractivity contribution in [3.8, 4) is 0 Å². The quantitative estimate of drug-likeness (QED) is 0.520. The molecule has 3 heteroatoms. The van der Waals surface area contributed by atoms with E-state index in [1.165, 1.54) is 22.0 Å². The predicted molar refractivity (Wildman–Crippen MR) is 66.8 cm³/mol. The third kappa shape index (κ3) is 1.35. The first-order valence-electron chi connectivity index (χ1n) is 5.09. The van der Waals surface area contributed by atoms with E-state index >= 15 is 0 Å². The van der Waals surface area contributed by atoms with Gasteiger partial charge in [0.1, 0.15) is 0 Å². The Labute approximate surface area is 93.1 Å². The third-order valence-corrected chi connectivity index (χ3v) is 3.02. The van der Waals surface area contributed by atoms with Crippen LogP contribution in [0.2, 0.25) is 0 Å². The molecule has 2 nitrogen and oxygen atoms in total. The fourth-order valence-electron chi connectivity index (χ4n) is 2.00. The molecule has 2 aromatic heterocycles. The van der Waals surface area contributed by atoms with Gasteiger partial charge in [-0.2, -0.15) is 0 Å². The average Bonchev–Trinajstić information content (AvgIpc) is 2.74. The predicted octanol–water partition coefficient (Wildman–Crippen LogP) is 3.50. The van der Waals surface area contributed by atoms with E-state index in [0.29, 0.717) is 0 Å². The summed E-state index contributed by atoms with van der Waals surface area (Å²) in [7, 11) is 0. The molecule has 3 rings (SSSR count). The van der Waals surface area contributed by atoms with Crippen molar-refractivity contribution >= 4 is 34.4 Å². The zero-order chi connectivity index (χ0) is 10.4. The minimum absolute atomic E-state index is 0.911. The minimum atomic E-state index is 0.911. The second kappa shape index (κ2) is 3.07. The van der Waals surface area contributed by atoms with E-state index in [9.17, 15) is 0 Å². The summed E-state index contributed by atoms with van der Waals surface area (Å²) in [6.07, 6.45) is 1.04. The molecule has 1 aromatic carbocycles. The molecule has 2 heterocycles. The van der Waals surface area contributed by atoms with Gasteiger partial charge in [-0.3, -0.25) is 0 Å². The van der Waals surface area contributed by atoms with Crippen molar-refractivity contribution in [2.24, 2.45) is 0 Å². The monoisotopic (exact) mass is 216 g/mol. The number of benzene rings is 1. The molecule has 0 saturated carbocycles. The summed E-state index contributed by atoms with van der Waals surface area (Å²) in [5.41, 5.74) is 3.63. The van der Waals surface area contributed by atoms with Crippen molar-refractivity contribution in [2.75, 3.05) is 0 Å². The van der Waals surface area contributed by atoms with Crippen LogP contribution >= 0.6 is 12.6 Å². The first kappa shape index (κ1) is 8.92. The Morgan fingerprint density at radius 1 is 1.00 bits per heavy atom. The molecule has 3 aromatic rings. The number of aryl methyl sites for hydroxylation is 1. The lowest BCUT2D eigenvalue weighted by atomic mass is 10.2. The van der Waals surface area contributed by atoms with Gasteiger partial charge in [-0.1, -0.05) is 6.92 Å². The van der Waals surface area contributed by atoms with Crippen LogP contribution in [0.4, 0.5) is 0 Å². The first-order valence-corrected chi connectivity index (χ1v) is 5.54. The van der Waals surface area contributed by atoms with Gasteiger partial charge in [-0.25, -0.2) is 0 Å². The molecule has 0 radical (unpaired) electrons. The van der Waals surface area contributed by atoms with Crippen LogP contribution in [0.1, 0.15) is 12.6 Å². The lowest BCUT2D eigenvalue weighted by Gasteiger charge is -1.90. The number of aromatic amines is 2. The number of hydrogen-bond acceptors (Lipinski definition) is 1. The lowest BCUT2D eigenvalue weighted by Crippen LogP contribution is -1.75. The van der Waals surface area contributed by atoms with Crippen molar-refractivity contribution < 1.29 is 0 Å². The molecule has 0 aliphatic rings. The minimum Gasteiger partial charge on any atom is -0.358 e. The Hall–Kier alpha value is -1.35. The van der Waals surface area contributed by atoms with E-state index in [-0.39, 0.29) is 0 Å². The Morgan fingerprint density at radius 3 is 2.40 bits per heavy atom. The van der Waals surface area contributed by atoms with Crippen LogP contribution < -0.4 is 0 Å². The molecule has 15 heavy (non-hydrogen) atoms. The number of hydrogen-bond donors (Lipinski definition) is 3. The van der Waals surface area contributed by atoms with Crippen LogP contribution in [0.25, 0.3) is 21.8 Å². The highest BCUT2D eigenvalue weighted by Crippen LogP contribution is 2.24. The van der Waals surface area contributed by atoms with E-state index < -0.39 is 0 Å². The highest BCUT2D eigenvalue weighted by atomic mass is 32.1. The topological polar surface area (TPSA) is 31.6 Å². The summed E-state index contributed by atoms with van der Waals surface area (Å²) in [5.74, 6) is 0. The van der Waals surface area contributed by atoms with Gasteiger partial charge < -0.3 is 9.97 Å². The van der Waals surface area contributed by atoms with Crippen molar-refractivity contribution in [1.29, 1.82) is 0 Å². The van der Waals surface area contributed by atoms with Gasteiger partial charge in [0, 0.05) is 27.5 Å². The summed E-state index contributed by atoms with van der Waals surface area (Å²) in [4.78, 5) is 6.64. The van der Waals surface area contributed by atoms with E-state index in [4.69, 9.17) is 0 Å². The van der Waals surface area contributed by atoms with Crippen LogP contribution in [0.3, 0.4) is 0 Å². The normalized spacial score (nSPS) is 11.6. The van der Waals surface area contributed by atoms with Crippen LogP contribution in [0.5, 0.6) is 0 Å². The molecule has 0 unspecified atom stereocenters. The molecule has 0 saturated heterocycles. The maximum absolute atomic E-state index is 4.30. The lowest BCUT2D eigenvalue weighted by molar-refractivity contribution is 1.07. The van der Waals surface area contributed by atoms with Gasteiger partial charge in [0.05, 0.1) is 5.03 Å². The van der Waals surface area contributed by atoms with Gasteiger partial charge >= 0.3 is 0 Å². The van der Waals surface area contributed by atoms with E-state index in [1.54, 1.807) is 0 Å². The van der Waals surface area contributed by atoms with E-state index in [2.05, 4.69) is 47.7 Å². The molecule has 76 valence electrons. The van der Waals surface area contributed by atoms with Crippen LogP contribution in [0.15, 0.2) is 29.3 Å². The molecule has 0 aliphatic carbocycles. The zero-order valence-corrected chi connectivity index (χ0v) is 9.36. The van der Waals surface area contributed by atoms with Gasteiger partial charge in [-0.15, -0.1) is 12.6 Å². The third-order valence-electron chi connectivity index (χ3n) is 2.78. The molecular weight excluding hydrogens is 204 g/mol. The Morgan fingerprint density at radius 2 is 1.67 bits per heavy atom. The highest BCUT2D eigenvalue weighted by Gasteiger charge is 2.03. The van der Waals surface area contributed by atoms with Gasteiger partial charge in [0.2, 0.25) is 0 Å². The van der Waals surface area contributed by atoms with Crippen molar-refractivity contribution in [1.82, 2.24) is 9.97 Å². The molecular formula is C12H12N2S. The maximum atomic E-state index is 4.30. The largest absolute Gasteiger partial charge is 0.358 e. The molecule has 0 aliphatic heterocycles. The van der Waals surface area contributed by atoms with Crippen LogP contribution in [-0.2, 0) is 6.42 Å². The Bertz CT molecular complexity index is 582. The number of H-pyrrole nitrogens is 2. The summed E-state index contributed by atoms with van der Waals surface area (Å²) in [5, 5.41) is 3.37. The number of thiol groups is 1. The molecule has 0 fully saturated rings. The fraction of sp³-hybridized carbons (Fsp3) is 0.167. The Kier molecular flexibility index (Phi) is 1.83. The van der Waals surface area contributed by atoms with Crippen molar-refractivity contribution in [3.05, 3.63) is 30.0 Å². The van der Waals surface area contributed by atoms with Gasteiger partial charge in [-0.05, 0) is 30.7 Å². The first-order chi connectivity index (χ1) is 7.26. The molecule has 2 N–H and O–H groups in total. The van der Waals surface area contributed by atoms with Gasteiger partial charge in [0.15, 0.2) is 0 Å². The summed E-state index contributed by atoms with van der Waals surface area (Å²) >= 11 is 4.30. The van der Waals surface area contributed by atoms with Crippen LogP contribution in [0, 0.1) is 0 Å². The van der Waals surface area contributed by atoms with Gasteiger partial charge in [0.25, 0.3) is 0 Å². The fourth-order valence-corrected chi connectivity index (χ4v) is 2.26.